The molecule has 1 aliphatic carbocycles. The Morgan fingerprint density at radius 3 is 2.86 bits per heavy atom. The first-order chi connectivity index (χ1) is 10.0. The van der Waals surface area contributed by atoms with Crippen LogP contribution >= 0.6 is 0 Å². The predicted octanol–water partition coefficient (Wildman–Crippen LogP) is 3.07. The third-order valence-corrected chi connectivity index (χ3v) is 3.39. The first-order valence-electron chi connectivity index (χ1n) is 7.52. The number of benzene rings is 1. The van der Waals surface area contributed by atoms with Gasteiger partial charge in [0.05, 0.1) is 12.5 Å². The van der Waals surface area contributed by atoms with E-state index in [1.165, 1.54) is 0 Å². The Morgan fingerprint density at radius 2 is 2.14 bits per heavy atom. The molecule has 0 bridgehead atoms. The molecule has 1 aromatic rings. The minimum absolute atomic E-state index is 0.0477. The lowest BCUT2D eigenvalue weighted by atomic mass is 9.96. The van der Waals surface area contributed by atoms with E-state index in [0.717, 1.165) is 24.2 Å². The molecule has 1 unspecified atom stereocenters. The van der Waals surface area contributed by atoms with Crippen molar-refractivity contribution in [2.75, 3.05) is 0 Å². The SMILES string of the molecule is CC(C)Oc1cccc(CC(=O)OC2CCCCC2=O)c1. The molecule has 114 valence electrons. The Kier molecular flexibility index (Phi) is 5.37. The summed E-state index contributed by atoms with van der Waals surface area (Å²) < 4.78 is 10.9. The Bertz CT molecular complexity index is 507. The molecule has 0 amide bonds. The van der Waals surface area contributed by atoms with Gasteiger partial charge in [-0.15, -0.1) is 0 Å². The van der Waals surface area contributed by atoms with Crippen molar-refractivity contribution in [1.29, 1.82) is 0 Å². The number of esters is 1. The van der Waals surface area contributed by atoms with Crippen LogP contribution in [-0.4, -0.2) is 24.0 Å². The van der Waals surface area contributed by atoms with Gasteiger partial charge in [-0.2, -0.15) is 0 Å². The highest BCUT2D eigenvalue weighted by molar-refractivity contribution is 5.86. The summed E-state index contributed by atoms with van der Waals surface area (Å²) in [5.74, 6) is 0.437. The quantitative estimate of drug-likeness (QED) is 0.782. The molecule has 0 aromatic heterocycles. The smallest absolute Gasteiger partial charge is 0.310 e. The zero-order chi connectivity index (χ0) is 15.2. The Balaban J connectivity index is 1.91. The lowest BCUT2D eigenvalue weighted by Crippen LogP contribution is -2.30. The van der Waals surface area contributed by atoms with Crippen molar-refractivity contribution < 1.29 is 19.1 Å². The monoisotopic (exact) mass is 290 g/mol. The summed E-state index contributed by atoms with van der Waals surface area (Å²) in [5, 5.41) is 0. The van der Waals surface area contributed by atoms with Crippen molar-refractivity contribution in [3.63, 3.8) is 0 Å². The molecule has 0 spiro atoms. The summed E-state index contributed by atoms with van der Waals surface area (Å²) >= 11 is 0. The number of rotatable bonds is 5. The maximum Gasteiger partial charge on any atom is 0.310 e. The Morgan fingerprint density at radius 1 is 1.33 bits per heavy atom. The molecule has 1 aliphatic rings. The summed E-state index contributed by atoms with van der Waals surface area (Å²) in [7, 11) is 0. The van der Waals surface area contributed by atoms with Gasteiger partial charge in [-0.1, -0.05) is 12.1 Å². The first-order valence-corrected chi connectivity index (χ1v) is 7.52. The van der Waals surface area contributed by atoms with Gasteiger partial charge < -0.3 is 9.47 Å². The third-order valence-electron chi connectivity index (χ3n) is 3.39. The van der Waals surface area contributed by atoms with Gasteiger partial charge in [-0.25, -0.2) is 0 Å². The molecule has 1 aromatic carbocycles. The van der Waals surface area contributed by atoms with Crippen molar-refractivity contribution in [1.82, 2.24) is 0 Å². The predicted molar refractivity (Wildman–Crippen MR) is 79.3 cm³/mol. The largest absolute Gasteiger partial charge is 0.491 e. The van der Waals surface area contributed by atoms with Crippen LogP contribution in [0.25, 0.3) is 0 Å². The van der Waals surface area contributed by atoms with E-state index >= 15 is 0 Å². The number of ether oxygens (including phenoxy) is 2. The normalized spacial score (nSPS) is 18.6. The Labute approximate surface area is 125 Å². The minimum Gasteiger partial charge on any atom is -0.491 e. The number of ketones is 1. The van der Waals surface area contributed by atoms with E-state index in [-0.39, 0.29) is 24.3 Å². The average molecular weight is 290 g/mol. The van der Waals surface area contributed by atoms with Crippen LogP contribution in [0.2, 0.25) is 0 Å². The van der Waals surface area contributed by atoms with E-state index in [2.05, 4.69) is 0 Å². The van der Waals surface area contributed by atoms with Crippen LogP contribution in [0.5, 0.6) is 5.75 Å². The molecule has 4 heteroatoms. The van der Waals surface area contributed by atoms with Crippen LogP contribution in [0.4, 0.5) is 0 Å². The zero-order valence-corrected chi connectivity index (χ0v) is 12.6. The summed E-state index contributed by atoms with van der Waals surface area (Å²) in [5.41, 5.74) is 0.835. The summed E-state index contributed by atoms with van der Waals surface area (Å²) in [6, 6.07) is 7.41. The summed E-state index contributed by atoms with van der Waals surface area (Å²) in [6.07, 6.45) is 2.74. The van der Waals surface area contributed by atoms with E-state index in [0.29, 0.717) is 12.8 Å². The van der Waals surface area contributed by atoms with E-state index in [1.54, 1.807) is 0 Å². The second-order valence-corrected chi connectivity index (χ2v) is 5.68. The molecule has 0 saturated heterocycles. The number of hydrogen-bond acceptors (Lipinski definition) is 4. The second kappa shape index (κ2) is 7.25. The maximum atomic E-state index is 11.9. The second-order valence-electron chi connectivity index (χ2n) is 5.68. The molecule has 0 N–H and O–H groups in total. The molecule has 1 atom stereocenters. The van der Waals surface area contributed by atoms with Crippen LogP contribution in [0.1, 0.15) is 45.1 Å². The van der Waals surface area contributed by atoms with Crippen molar-refractivity contribution in [3.05, 3.63) is 29.8 Å². The van der Waals surface area contributed by atoms with Crippen molar-refractivity contribution in [3.8, 4) is 5.75 Å². The lowest BCUT2D eigenvalue weighted by molar-refractivity contribution is -0.156. The molecular weight excluding hydrogens is 268 g/mol. The topological polar surface area (TPSA) is 52.6 Å². The van der Waals surface area contributed by atoms with Gasteiger partial charge >= 0.3 is 5.97 Å². The van der Waals surface area contributed by atoms with Gasteiger partial charge in [0, 0.05) is 6.42 Å². The van der Waals surface area contributed by atoms with Gasteiger partial charge in [0.1, 0.15) is 5.75 Å². The minimum atomic E-state index is -0.540. The zero-order valence-electron chi connectivity index (χ0n) is 12.6. The standard InChI is InChI=1S/C17H22O4/c1-12(2)20-14-7-5-6-13(10-14)11-17(19)21-16-9-4-3-8-15(16)18/h5-7,10,12,16H,3-4,8-9,11H2,1-2H3. The molecule has 1 saturated carbocycles. The molecule has 0 heterocycles. The van der Waals surface area contributed by atoms with Crippen LogP contribution < -0.4 is 4.74 Å². The fourth-order valence-corrected chi connectivity index (χ4v) is 2.44. The van der Waals surface area contributed by atoms with E-state index in [9.17, 15) is 9.59 Å². The fourth-order valence-electron chi connectivity index (χ4n) is 2.44. The van der Waals surface area contributed by atoms with Crippen molar-refractivity contribution in [2.24, 2.45) is 0 Å². The average Bonchev–Trinajstić information content (AvgIpc) is 2.41. The molecule has 0 radical (unpaired) electrons. The van der Waals surface area contributed by atoms with Crippen molar-refractivity contribution >= 4 is 11.8 Å². The van der Waals surface area contributed by atoms with Gasteiger partial charge in [0.2, 0.25) is 0 Å². The maximum absolute atomic E-state index is 11.9. The van der Waals surface area contributed by atoms with Crippen LogP contribution in [0, 0.1) is 0 Å². The van der Waals surface area contributed by atoms with E-state index in [4.69, 9.17) is 9.47 Å². The molecule has 0 aliphatic heterocycles. The number of Topliss-reactive ketones (excluding diaryl/α,β-unsaturated/α-hetero) is 1. The lowest BCUT2D eigenvalue weighted by Gasteiger charge is -2.20. The van der Waals surface area contributed by atoms with Crippen molar-refractivity contribution in [2.45, 2.75) is 58.2 Å². The highest BCUT2D eigenvalue weighted by Crippen LogP contribution is 2.19. The van der Waals surface area contributed by atoms with Gasteiger partial charge in [0.15, 0.2) is 11.9 Å². The fraction of sp³-hybridized carbons (Fsp3) is 0.529. The van der Waals surface area contributed by atoms with E-state index < -0.39 is 6.10 Å². The van der Waals surface area contributed by atoms with Crippen LogP contribution in [0.15, 0.2) is 24.3 Å². The van der Waals surface area contributed by atoms with Crippen LogP contribution in [-0.2, 0) is 20.7 Å². The van der Waals surface area contributed by atoms with Gasteiger partial charge in [0.25, 0.3) is 0 Å². The number of carbonyl (C=O) groups excluding carboxylic acids is 2. The van der Waals surface area contributed by atoms with E-state index in [1.807, 2.05) is 38.1 Å². The van der Waals surface area contributed by atoms with Gasteiger partial charge in [-0.05, 0) is 50.8 Å². The summed E-state index contributed by atoms with van der Waals surface area (Å²) in [6.45, 7) is 3.91. The highest BCUT2D eigenvalue weighted by Gasteiger charge is 2.25. The molecule has 21 heavy (non-hydrogen) atoms. The summed E-state index contributed by atoms with van der Waals surface area (Å²) in [4.78, 5) is 23.6. The number of carbonyl (C=O) groups is 2. The molecular formula is C17H22O4. The van der Waals surface area contributed by atoms with Crippen LogP contribution in [0.3, 0.4) is 0 Å². The molecule has 4 nitrogen and oxygen atoms in total. The number of hydrogen-bond donors (Lipinski definition) is 0. The third kappa shape index (κ3) is 4.88. The van der Waals surface area contributed by atoms with Gasteiger partial charge in [-0.3, -0.25) is 9.59 Å². The highest BCUT2D eigenvalue weighted by atomic mass is 16.5. The molecule has 1 fully saturated rings. The molecule has 2 rings (SSSR count). The Hall–Kier alpha value is -1.84. The first kappa shape index (κ1) is 15.5.